The number of methoxy groups -OCH3 is 1. The van der Waals surface area contributed by atoms with Crippen molar-refractivity contribution in [3.05, 3.63) is 95.6 Å². The zero-order valence-electron chi connectivity index (χ0n) is 19.2. The summed E-state index contributed by atoms with van der Waals surface area (Å²) in [6, 6.07) is 25.2. The molecule has 0 aliphatic rings. The number of amides is 2. The first-order valence-corrected chi connectivity index (χ1v) is 11.0. The summed E-state index contributed by atoms with van der Waals surface area (Å²) in [7, 11) is 1.50. The summed E-state index contributed by atoms with van der Waals surface area (Å²) in [5.41, 5.74) is 2.71. The fourth-order valence-corrected chi connectivity index (χ4v) is 3.53. The van der Waals surface area contributed by atoms with Gasteiger partial charge in [-0.05, 0) is 43.2 Å². The Bertz CT molecular complexity index is 1010. The summed E-state index contributed by atoms with van der Waals surface area (Å²) < 4.78 is 10.9. The van der Waals surface area contributed by atoms with Gasteiger partial charge in [0.2, 0.25) is 0 Å². The van der Waals surface area contributed by atoms with Gasteiger partial charge < -0.3 is 20.1 Å². The third-order valence-electron chi connectivity index (χ3n) is 5.10. The van der Waals surface area contributed by atoms with E-state index in [4.69, 9.17) is 9.47 Å². The van der Waals surface area contributed by atoms with Crippen LogP contribution in [-0.2, 0) is 4.79 Å². The van der Waals surface area contributed by atoms with Gasteiger partial charge in [0.15, 0.2) is 18.1 Å². The Hall–Kier alpha value is -3.80. The summed E-state index contributed by atoms with van der Waals surface area (Å²) >= 11 is 0. The highest BCUT2D eigenvalue weighted by Crippen LogP contribution is 2.28. The van der Waals surface area contributed by atoms with Crippen molar-refractivity contribution in [3.63, 3.8) is 0 Å². The first-order chi connectivity index (χ1) is 16.0. The number of carbonyl (C=O) groups excluding carboxylic acids is 2. The van der Waals surface area contributed by atoms with Crippen molar-refractivity contribution in [2.75, 3.05) is 20.3 Å². The molecule has 0 aliphatic heterocycles. The maximum atomic E-state index is 12.9. The van der Waals surface area contributed by atoms with E-state index in [1.165, 1.54) is 7.11 Å². The highest BCUT2D eigenvalue weighted by molar-refractivity contribution is 5.95. The van der Waals surface area contributed by atoms with Crippen molar-refractivity contribution in [3.8, 4) is 11.5 Å². The molecule has 0 fully saturated rings. The van der Waals surface area contributed by atoms with Crippen molar-refractivity contribution >= 4 is 11.8 Å². The number of carbonyl (C=O) groups is 2. The zero-order valence-corrected chi connectivity index (χ0v) is 19.2. The third-order valence-corrected chi connectivity index (χ3v) is 5.10. The van der Waals surface area contributed by atoms with Gasteiger partial charge in [-0.15, -0.1) is 0 Å². The molecule has 0 spiro atoms. The fourth-order valence-electron chi connectivity index (χ4n) is 3.53. The summed E-state index contributed by atoms with van der Waals surface area (Å²) in [4.78, 5) is 24.8. The van der Waals surface area contributed by atoms with Crippen molar-refractivity contribution in [2.24, 2.45) is 0 Å². The minimum Gasteiger partial charge on any atom is -0.493 e. The van der Waals surface area contributed by atoms with Crippen LogP contribution in [0.5, 0.6) is 11.5 Å². The van der Waals surface area contributed by atoms with E-state index < -0.39 is 0 Å². The van der Waals surface area contributed by atoms with Gasteiger partial charge in [-0.2, -0.15) is 0 Å². The molecule has 0 aromatic heterocycles. The van der Waals surface area contributed by atoms with Gasteiger partial charge in [-0.3, -0.25) is 9.59 Å². The Kier molecular flexibility index (Phi) is 8.47. The average Bonchev–Trinajstić information content (AvgIpc) is 2.83. The molecule has 33 heavy (non-hydrogen) atoms. The molecule has 3 aromatic carbocycles. The van der Waals surface area contributed by atoms with E-state index in [9.17, 15) is 9.59 Å². The monoisotopic (exact) mass is 446 g/mol. The van der Waals surface area contributed by atoms with Crippen molar-refractivity contribution < 1.29 is 19.1 Å². The summed E-state index contributed by atoms with van der Waals surface area (Å²) in [5, 5.41) is 5.80. The molecule has 0 atom stereocenters. The predicted molar refractivity (Wildman–Crippen MR) is 129 cm³/mol. The van der Waals surface area contributed by atoms with Gasteiger partial charge in [-0.1, -0.05) is 60.7 Å². The average molecular weight is 447 g/mol. The molecule has 3 aromatic rings. The summed E-state index contributed by atoms with van der Waals surface area (Å²) in [6.45, 7) is 4.08. The van der Waals surface area contributed by atoms with Crippen LogP contribution in [0.15, 0.2) is 78.9 Å². The molecule has 0 unspecified atom stereocenters. The van der Waals surface area contributed by atoms with E-state index in [0.717, 1.165) is 11.1 Å². The molecule has 6 nitrogen and oxygen atoms in total. The molecule has 2 N–H and O–H groups in total. The third kappa shape index (κ3) is 6.84. The summed E-state index contributed by atoms with van der Waals surface area (Å²) in [5.74, 6) is 0.387. The predicted octanol–water partition coefficient (Wildman–Crippen LogP) is 4.16. The van der Waals surface area contributed by atoms with Crippen LogP contribution in [0.25, 0.3) is 0 Å². The van der Waals surface area contributed by atoms with E-state index in [1.54, 1.807) is 18.2 Å². The molecule has 0 saturated heterocycles. The highest BCUT2D eigenvalue weighted by atomic mass is 16.5. The lowest BCUT2D eigenvalue weighted by atomic mass is 9.91. The van der Waals surface area contributed by atoms with Crippen molar-refractivity contribution in [2.45, 2.75) is 25.8 Å². The number of hydrogen-bond donors (Lipinski definition) is 2. The quantitative estimate of drug-likeness (QED) is 0.490. The van der Waals surface area contributed by atoms with Crippen LogP contribution in [0.2, 0.25) is 0 Å². The Morgan fingerprint density at radius 2 is 1.45 bits per heavy atom. The van der Waals surface area contributed by atoms with Gasteiger partial charge in [0.1, 0.15) is 0 Å². The number of nitrogens with one attached hydrogen (secondary N) is 2. The Labute approximate surface area is 194 Å². The van der Waals surface area contributed by atoms with Gasteiger partial charge in [0.05, 0.1) is 7.11 Å². The number of benzene rings is 3. The van der Waals surface area contributed by atoms with E-state index in [-0.39, 0.29) is 30.4 Å². The lowest BCUT2D eigenvalue weighted by molar-refractivity contribution is -0.123. The molecule has 172 valence electrons. The number of rotatable bonds is 10. The first-order valence-electron chi connectivity index (χ1n) is 11.0. The largest absolute Gasteiger partial charge is 0.493 e. The maximum Gasteiger partial charge on any atom is 0.258 e. The molecular formula is C27H30N2O4. The van der Waals surface area contributed by atoms with Crippen LogP contribution in [0.1, 0.15) is 41.3 Å². The number of ether oxygens (including phenoxy) is 2. The molecule has 6 heteroatoms. The zero-order chi connectivity index (χ0) is 23.6. The normalized spacial score (nSPS) is 10.7. The lowest BCUT2D eigenvalue weighted by Gasteiger charge is -2.19. The standard InChI is InChI=1S/C27H30N2O4/c1-19(2)29-26(30)18-33-24-15-14-22(16-25(24)32-3)27(31)28-17-23(20-10-6-4-7-11-20)21-12-8-5-9-13-21/h4-16,19,23H,17-18H2,1-3H3,(H,28,31)(H,29,30). The van der Waals surface area contributed by atoms with Gasteiger partial charge in [0.25, 0.3) is 11.8 Å². The van der Waals surface area contributed by atoms with Crippen LogP contribution < -0.4 is 20.1 Å². The molecule has 3 rings (SSSR count). The van der Waals surface area contributed by atoms with Crippen molar-refractivity contribution in [1.82, 2.24) is 10.6 Å². The highest BCUT2D eigenvalue weighted by Gasteiger charge is 2.17. The Morgan fingerprint density at radius 1 is 0.848 bits per heavy atom. The maximum absolute atomic E-state index is 12.9. The van der Waals surface area contributed by atoms with Gasteiger partial charge in [0, 0.05) is 24.1 Å². The van der Waals surface area contributed by atoms with E-state index in [2.05, 4.69) is 34.9 Å². The van der Waals surface area contributed by atoms with Crippen LogP contribution >= 0.6 is 0 Å². The topological polar surface area (TPSA) is 76.7 Å². The van der Waals surface area contributed by atoms with Crippen molar-refractivity contribution in [1.29, 1.82) is 0 Å². The fraction of sp³-hybridized carbons (Fsp3) is 0.259. The molecule has 0 saturated carbocycles. The van der Waals surface area contributed by atoms with Crippen LogP contribution in [0.3, 0.4) is 0 Å². The molecule has 0 heterocycles. The smallest absolute Gasteiger partial charge is 0.258 e. The SMILES string of the molecule is COc1cc(C(=O)NCC(c2ccccc2)c2ccccc2)ccc1OCC(=O)NC(C)C. The van der Waals surface area contributed by atoms with Crippen LogP contribution in [0, 0.1) is 0 Å². The second kappa shape index (κ2) is 11.7. The van der Waals surface area contributed by atoms with E-state index >= 15 is 0 Å². The molecular weight excluding hydrogens is 416 g/mol. The first kappa shape index (κ1) is 23.9. The Balaban J connectivity index is 1.69. The molecule has 0 aliphatic carbocycles. The molecule has 2 amide bonds. The second-order valence-electron chi connectivity index (χ2n) is 7.96. The lowest BCUT2D eigenvalue weighted by Crippen LogP contribution is -2.34. The minimum atomic E-state index is -0.221. The molecule has 0 radical (unpaired) electrons. The van der Waals surface area contributed by atoms with E-state index in [1.807, 2.05) is 50.2 Å². The van der Waals surface area contributed by atoms with Crippen LogP contribution in [0.4, 0.5) is 0 Å². The second-order valence-corrected chi connectivity index (χ2v) is 7.96. The van der Waals surface area contributed by atoms with E-state index in [0.29, 0.717) is 23.6 Å². The Morgan fingerprint density at radius 3 is 2.00 bits per heavy atom. The number of hydrogen-bond acceptors (Lipinski definition) is 4. The molecule has 0 bridgehead atoms. The van der Waals surface area contributed by atoms with Gasteiger partial charge in [-0.25, -0.2) is 0 Å². The van der Waals surface area contributed by atoms with Crippen LogP contribution in [-0.4, -0.2) is 38.1 Å². The van der Waals surface area contributed by atoms with Gasteiger partial charge >= 0.3 is 0 Å². The summed E-state index contributed by atoms with van der Waals surface area (Å²) in [6.07, 6.45) is 0. The minimum absolute atomic E-state index is 0.0281.